The lowest BCUT2D eigenvalue weighted by molar-refractivity contribution is 0.117. The van der Waals surface area contributed by atoms with Crippen LogP contribution < -0.4 is 11.0 Å². The fraction of sp³-hybridized carbons (Fsp3) is 0.562. The van der Waals surface area contributed by atoms with Crippen LogP contribution >= 0.6 is 0 Å². The van der Waals surface area contributed by atoms with Crippen LogP contribution in [-0.4, -0.2) is 29.2 Å². The number of fused-ring (bicyclic) bond motifs is 1. The maximum Gasteiger partial charge on any atom is 0.323 e. The first-order valence-corrected chi connectivity index (χ1v) is 7.74. The smallest absolute Gasteiger partial charge is 0.323 e. The van der Waals surface area contributed by atoms with Gasteiger partial charge in [0.25, 0.3) is 0 Å². The molecule has 1 fully saturated rings. The van der Waals surface area contributed by atoms with Crippen molar-refractivity contribution in [3.8, 4) is 0 Å². The summed E-state index contributed by atoms with van der Waals surface area (Å²) in [6.45, 7) is 6.08. The van der Waals surface area contributed by atoms with Gasteiger partial charge in [-0.15, -0.1) is 0 Å². The quantitative estimate of drug-likeness (QED) is 0.791. The first-order chi connectivity index (χ1) is 10.2. The van der Waals surface area contributed by atoms with Crippen molar-refractivity contribution in [3.05, 3.63) is 34.2 Å². The minimum atomic E-state index is -0.155. The summed E-state index contributed by atoms with van der Waals surface area (Å²) < 4.78 is 5.74. The predicted octanol–water partition coefficient (Wildman–Crippen LogP) is 2.32. The van der Waals surface area contributed by atoms with Crippen molar-refractivity contribution in [1.82, 2.24) is 15.3 Å². The molecule has 1 aromatic carbocycles. The number of aromatic amines is 2. The minimum Gasteiger partial charge on any atom is -0.378 e. The van der Waals surface area contributed by atoms with Gasteiger partial charge in [0.2, 0.25) is 0 Å². The van der Waals surface area contributed by atoms with Crippen LogP contribution in [0, 0.1) is 5.92 Å². The Bertz CT molecular complexity index is 661. The second-order valence-electron chi connectivity index (χ2n) is 5.96. The van der Waals surface area contributed by atoms with E-state index in [1.807, 2.05) is 6.07 Å². The highest BCUT2D eigenvalue weighted by Gasteiger charge is 2.30. The molecule has 3 rings (SSSR count). The maximum atomic E-state index is 11.4. The van der Waals surface area contributed by atoms with Crippen molar-refractivity contribution in [1.29, 1.82) is 0 Å². The lowest BCUT2D eigenvalue weighted by Crippen LogP contribution is -2.29. The molecule has 114 valence electrons. The largest absolute Gasteiger partial charge is 0.378 e. The summed E-state index contributed by atoms with van der Waals surface area (Å²) in [4.78, 5) is 17.0. The van der Waals surface area contributed by atoms with E-state index in [1.165, 1.54) is 5.56 Å². The van der Waals surface area contributed by atoms with E-state index in [0.717, 1.165) is 37.0 Å². The Labute approximate surface area is 124 Å². The molecule has 5 nitrogen and oxygen atoms in total. The molecule has 0 aliphatic carbocycles. The Balaban J connectivity index is 1.90. The van der Waals surface area contributed by atoms with Crippen LogP contribution in [0.1, 0.15) is 38.3 Å². The first kappa shape index (κ1) is 14.4. The van der Waals surface area contributed by atoms with Crippen molar-refractivity contribution in [2.45, 2.75) is 38.8 Å². The molecule has 3 atom stereocenters. The van der Waals surface area contributed by atoms with Gasteiger partial charge in [0, 0.05) is 12.0 Å². The molecule has 0 amide bonds. The van der Waals surface area contributed by atoms with E-state index in [4.69, 9.17) is 4.74 Å². The maximum absolute atomic E-state index is 11.4. The normalized spacial score (nSPS) is 23.7. The van der Waals surface area contributed by atoms with E-state index in [-0.39, 0.29) is 11.7 Å². The van der Waals surface area contributed by atoms with E-state index in [0.29, 0.717) is 12.0 Å². The van der Waals surface area contributed by atoms with Gasteiger partial charge < -0.3 is 20.0 Å². The third-order valence-corrected chi connectivity index (χ3v) is 4.21. The topological polar surface area (TPSA) is 69.9 Å². The van der Waals surface area contributed by atoms with E-state index in [2.05, 4.69) is 41.3 Å². The standard InChI is InChI=1S/C16H23N3O2/c1-3-6-17-15(12-7-10(2)21-9-12)11-4-5-13-14(8-11)19-16(20)18-13/h4-5,8,10,12,15,17H,3,6-7,9H2,1-2H3,(H2,18,19,20). The molecule has 1 saturated heterocycles. The number of ether oxygens (including phenoxy) is 1. The zero-order valence-electron chi connectivity index (χ0n) is 12.6. The molecule has 5 heteroatoms. The summed E-state index contributed by atoms with van der Waals surface area (Å²) in [7, 11) is 0. The fourth-order valence-corrected chi connectivity index (χ4v) is 3.18. The second kappa shape index (κ2) is 6.03. The van der Waals surface area contributed by atoms with Crippen molar-refractivity contribution in [2.24, 2.45) is 5.92 Å². The monoisotopic (exact) mass is 289 g/mol. The average molecular weight is 289 g/mol. The summed E-state index contributed by atoms with van der Waals surface area (Å²) in [5.74, 6) is 0.481. The Hall–Kier alpha value is -1.59. The summed E-state index contributed by atoms with van der Waals surface area (Å²) in [5, 5.41) is 3.64. The molecule has 1 aromatic heterocycles. The van der Waals surface area contributed by atoms with E-state index >= 15 is 0 Å². The van der Waals surface area contributed by atoms with Gasteiger partial charge in [0.05, 0.1) is 23.7 Å². The molecule has 0 bridgehead atoms. The Kier molecular flexibility index (Phi) is 4.12. The number of nitrogens with one attached hydrogen (secondary N) is 3. The molecule has 21 heavy (non-hydrogen) atoms. The SMILES string of the molecule is CCCNC(c1ccc2[nH]c(=O)[nH]c2c1)C1COC(C)C1. The van der Waals surface area contributed by atoms with E-state index in [9.17, 15) is 4.79 Å². The van der Waals surface area contributed by atoms with Crippen molar-refractivity contribution in [3.63, 3.8) is 0 Å². The van der Waals surface area contributed by atoms with Crippen molar-refractivity contribution < 1.29 is 4.74 Å². The van der Waals surface area contributed by atoms with Crippen molar-refractivity contribution >= 4 is 11.0 Å². The summed E-state index contributed by atoms with van der Waals surface area (Å²) in [5.41, 5.74) is 2.79. The van der Waals surface area contributed by atoms with Gasteiger partial charge in [-0.3, -0.25) is 0 Å². The third kappa shape index (κ3) is 3.04. The molecule has 1 aliphatic rings. The van der Waals surface area contributed by atoms with Crippen LogP contribution in [0.25, 0.3) is 11.0 Å². The van der Waals surface area contributed by atoms with Crippen LogP contribution in [0.3, 0.4) is 0 Å². The van der Waals surface area contributed by atoms with Gasteiger partial charge >= 0.3 is 5.69 Å². The first-order valence-electron chi connectivity index (χ1n) is 7.74. The van der Waals surface area contributed by atoms with Crippen LogP contribution in [0.15, 0.2) is 23.0 Å². The zero-order chi connectivity index (χ0) is 14.8. The molecule has 3 unspecified atom stereocenters. The number of H-pyrrole nitrogens is 2. The van der Waals surface area contributed by atoms with Crippen LogP contribution in [0.4, 0.5) is 0 Å². The molecule has 2 aromatic rings. The average Bonchev–Trinajstić information content (AvgIpc) is 3.04. The molecule has 0 radical (unpaired) electrons. The highest BCUT2D eigenvalue weighted by Crippen LogP contribution is 2.32. The number of hydrogen-bond acceptors (Lipinski definition) is 3. The van der Waals surface area contributed by atoms with Crippen molar-refractivity contribution in [2.75, 3.05) is 13.2 Å². The number of benzene rings is 1. The Morgan fingerprint density at radius 1 is 1.38 bits per heavy atom. The third-order valence-electron chi connectivity index (χ3n) is 4.21. The highest BCUT2D eigenvalue weighted by atomic mass is 16.5. The minimum absolute atomic E-state index is 0.155. The summed E-state index contributed by atoms with van der Waals surface area (Å²) in [6, 6.07) is 6.42. The molecule has 2 heterocycles. The summed E-state index contributed by atoms with van der Waals surface area (Å²) >= 11 is 0. The van der Waals surface area contributed by atoms with Gasteiger partial charge in [-0.25, -0.2) is 4.79 Å². The molecule has 0 spiro atoms. The molecular weight excluding hydrogens is 266 g/mol. The Morgan fingerprint density at radius 3 is 2.90 bits per heavy atom. The molecule has 0 saturated carbocycles. The Morgan fingerprint density at radius 2 is 2.19 bits per heavy atom. The number of aromatic nitrogens is 2. The number of hydrogen-bond donors (Lipinski definition) is 3. The summed E-state index contributed by atoms with van der Waals surface area (Å²) in [6.07, 6.45) is 2.50. The number of rotatable bonds is 5. The lowest BCUT2D eigenvalue weighted by Gasteiger charge is -2.24. The van der Waals surface area contributed by atoms with E-state index < -0.39 is 0 Å². The molecule has 1 aliphatic heterocycles. The molecular formula is C16H23N3O2. The second-order valence-corrected chi connectivity index (χ2v) is 5.96. The van der Waals surface area contributed by atoms with Gasteiger partial charge in [-0.2, -0.15) is 0 Å². The zero-order valence-corrected chi connectivity index (χ0v) is 12.6. The van der Waals surface area contributed by atoms with Crippen LogP contribution in [-0.2, 0) is 4.74 Å². The lowest BCUT2D eigenvalue weighted by atomic mass is 9.90. The fourth-order valence-electron chi connectivity index (χ4n) is 3.18. The van der Waals surface area contributed by atoms with Gasteiger partial charge in [-0.1, -0.05) is 13.0 Å². The van der Waals surface area contributed by atoms with Crippen LogP contribution in [0.5, 0.6) is 0 Å². The number of imidazole rings is 1. The van der Waals surface area contributed by atoms with Gasteiger partial charge in [-0.05, 0) is 44.0 Å². The molecule has 3 N–H and O–H groups in total. The van der Waals surface area contributed by atoms with Gasteiger partial charge in [0.1, 0.15) is 0 Å². The van der Waals surface area contributed by atoms with E-state index in [1.54, 1.807) is 0 Å². The van der Waals surface area contributed by atoms with Crippen LogP contribution in [0.2, 0.25) is 0 Å². The van der Waals surface area contributed by atoms with Gasteiger partial charge in [0.15, 0.2) is 0 Å². The predicted molar refractivity (Wildman–Crippen MR) is 83.5 cm³/mol. The highest BCUT2D eigenvalue weighted by molar-refractivity contribution is 5.75.